The molecule has 0 radical (unpaired) electrons. The van der Waals surface area contributed by atoms with Crippen LogP contribution >= 0.6 is 0 Å². The smallest absolute Gasteiger partial charge is 0.150 e. The molecule has 170 valence electrons. The van der Waals surface area contributed by atoms with Gasteiger partial charge in [-0.25, -0.2) is 0 Å². The fourth-order valence-corrected chi connectivity index (χ4v) is 4.15. The number of phenols is 2. The van der Waals surface area contributed by atoms with Crippen molar-refractivity contribution in [3.8, 4) is 23.0 Å². The van der Waals surface area contributed by atoms with Crippen LogP contribution in [0.2, 0.25) is 0 Å². The number of phenolic OH excluding ortho intramolecular Hbond substituents is 2. The Balaban J connectivity index is 1.51. The van der Waals surface area contributed by atoms with E-state index in [1.807, 2.05) is 4.90 Å². The van der Waals surface area contributed by atoms with E-state index in [1.54, 1.807) is 12.1 Å². The van der Waals surface area contributed by atoms with Crippen LogP contribution in [0.15, 0.2) is 66.7 Å². The molecule has 0 aliphatic carbocycles. The van der Waals surface area contributed by atoms with Crippen molar-refractivity contribution in [3.63, 3.8) is 0 Å². The van der Waals surface area contributed by atoms with Gasteiger partial charge in [-0.1, -0.05) is 31.1 Å². The Morgan fingerprint density at radius 1 is 1.06 bits per heavy atom. The minimum Gasteiger partial charge on any atom is -0.508 e. The summed E-state index contributed by atoms with van der Waals surface area (Å²) in [5.41, 5.74) is 1.40. The molecule has 5 nitrogen and oxygen atoms in total. The molecule has 33 heavy (non-hydrogen) atoms. The fraction of sp³-hybridized carbons (Fsp3) is 0.286. The molecule has 5 heteroatoms. The third-order valence-corrected chi connectivity index (χ3v) is 5.87. The summed E-state index contributed by atoms with van der Waals surface area (Å²) < 4.78 is 76.6. The third-order valence-electron chi connectivity index (χ3n) is 5.87. The summed E-state index contributed by atoms with van der Waals surface area (Å²) in [7, 11) is 0. The van der Waals surface area contributed by atoms with Crippen LogP contribution in [-0.2, 0) is 0 Å². The van der Waals surface area contributed by atoms with E-state index in [9.17, 15) is 10.2 Å². The molecule has 1 unspecified atom stereocenters. The van der Waals surface area contributed by atoms with Crippen molar-refractivity contribution in [2.75, 3.05) is 19.6 Å². The molecule has 2 aliphatic rings. The van der Waals surface area contributed by atoms with Gasteiger partial charge < -0.3 is 19.7 Å². The standard InChI is InChI=1S/C28H29NO4/c1-3-14-29-16-24(17-29)32-23-11-6-20(7-12-23)28-27(19-4-8-21(30)9-5-19)18(2)25-13-10-22(31)15-26(25)33-28/h4-13,15,24,28,30-31H,3,14,16-17H2,1-2H3/i1D3,2D3,11D,12D. The summed E-state index contributed by atoms with van der Waals surface area (Å²) in [5, 5.41) is 20.0. The molecule has 1 fully saturated rings. The number of ether oxygens (including phenoxy) is 2. The molecule has 0 bridgehead atoms. The second-order valence-electron chi connectivity index (χ2n) is 8.17. The monoisotopic (exact) mass is 451 g/mol. The topological polar surface area (TPSA) is 62.2 Å². The largest absolute Gasteiger partial charge is 0.508 e. The van der Waals surface area contributed by atoms with Gasteiger partial charge >= 0.3 is 0 Å². The summed E-state index contributed by atoms with van der Waals surface area (Å²) in [5.74, 6) is 0.0997. The number of hydrogen-bond acceptors (Lipinski definition) is 5. The summed E-state index contributed by atoms with van der Waals surface area (Å²) in [6.45, 7) is -3.22. The molecule has 5 rings (SSSR count). The number of hydrogen-bond donors (Lipinski definition) is 2. The van der Waals surface area contributed by atoms with E-state index >= 15 is 0 Å². The van der Waals surface area contributed by atoms with Crippen LogP contribution in [0.1, 0.15) is 53.9 Å². The summed E-state index contributed by atoms with van der Waals surface area (Å²) in [4.78, 5) is 1.94. The predicted molar refractivity (Wildman–Crippen MR) is 130 cm³/mol. The van der Waals surface area contributed by atoms with Gasteiger partial charge in [-0.3, -0.25) is 4.90 Å². The highest BCUT2D eigenvalue weighted by Gasteiger charge is 2.30. The lowest BCUT2D eigenvalue weighted by molar-refractivity contribution is 0.0202. The second kappa shape index (κ2) is 8.83. The van der Waals surface area contributed by atoms with Gasteiger partial charge in [-0.2, -0.15) is 0 Å². The van der Waals surface area contributed by atoms with E-state index in [1.165, 1.54) is 42.5 Å². The Labute approximate surface area is 205 Å². The van der Waals surface area contributed by atoms with Crippen LogP contribution in [0, 0.1) is 0 Å². The molecule has 2 heterocycles. The van der Waals surface area contributed by atoms with Crippen molar-refractivity contribution in [1.82, 2.24) is 4.90 Å². The van der Waals surface area contributed by atoms with Gasteiger partial charge in [0.1, 0.15) is 35.2 Å². The number of benzene rings is 3. The number of likely N-dealkylation sites (tertiary alicyclic amines) is 1. The highest BCUT2D eigenvalue weighted by Crippen LogP contribution is 2.47. The van der Waals surface area contributed by atoms with Crippen LogP contribution in [0.3, 0.4) is 0 Å². The molecular weight excluding hydrogens is 414 g/mol. The van der Waals surface area contributed by atoms with Gasteiger partial charge in [-0.15, -0.1) is 0 Å². The van der Waals surface area contributed by atoms with Crippen molar-refractivity contribution in [3.05, 3.63) is 83.4 Å². The number of aromatic hydroxyl groups is 2. The SMILES string of the molecule is [2H]c1cc(C2Oc3cc(O)ccc3C(C([2H])([2H])[2H])=C2c2ccc(O)cc2)cc([2H])c1OC1CN(CCC([2H])([2H])[2H])C1. The first kappa shape index (κ1) is 14.0. The van der Waals surface area contributed by atoms with E-state index in [0.717, 1.165) is 0 Å². The Hall–Kier alpha value is -3.44. The van der Waals surface area contributed by atoms with Crippen molar-refractivity contribution < 1.29 is 30.7 Å². The maximum absolute atomic E-state index is 10.1. The molecule has 3 aromatic rings. The highest BCUT2D eigenvalue weighted by atomic mass is 16.5. The zero-order chi connectivity index (χ0) is 29.7. The Morgan fingerprint density at radius 2 is 1.82 bits per heavy atom. The lowest BCUT2D eigenvalue weighted by atomic mass is 9.86. The Morgan fingerprint density at radius 3 is 2.55 bits per heavy atom. The molecule has 0 aromatic heterocycles. The van der Waals surface area contributed by atoms with Crippen LogP contribution in [0.4, 0.5) is 0 Å². The van der Waals surface area contributed by atoms with Gasteiger partial charge in [0.2, 0.25) is 0 Å². The minimum atomic E-state index is -2.59. The first-order valence-corrected chi connectivity index (χ1v) is 10.7. The Bertz CT molecular complexity index is 1450. The summed E-state index contributed by atoms with van der Waals surface area (Å²) in [6.07, 6.45) is -1.27. The minimum absolute atomic E-state index is 0.000240. The number of fused-ring (bicyclic) bond motifs is 1. The second-order valence-corrected chi connectivity index (χ2v) is 8.17. The molecule has 3 aromatic carbocycles. The van der Waals surface area contributed by atoms with Crippen LogP contribution in [0.25, 0.3) is 11.1 Å². The molecular formula is C28H29NO4. The average molecular weight is 452 g/mol. The molecule has 0 saturated carbocycles. The van der Waals surface area contributed by atoms with Crippen molar-refractivity contribution in [1.29, 1.82) is 0 Å². The van der Waals surface area contributed by atoms with Gasteiger partial charge in [-0.05, 0) is 72.9 Å². The number of allylic oxidation sites excluding steroid dienone is 1. The van der Waals surface area contributed by atoms with Gasteiger partial charge in [0.15, 0.2) is 0 Å². The van der Waals surface area contributed by atoms with E-state index < -0.39 is 19.8 Å². The molecule has 1 atom stereocenters. The van der Waals surface area contributed by atoms with Gasteiger partial charge in [0, 0.05) is 38.5 Å². The average Bonchev–Trinajstić information content (AvgIpc) is 2.84. The predicted octanol–water partition coefficient (Wildman–Crippen LogP) is 5.64. The maximum atomic E-state index is 10.1. The van der Waals surface area contributed by atoms with E-state index in [4.69, 9.17) is 20.4 Å². The summed E-state index contributed by atoms with van der Waals surface area (Å²) in [6, 6.07) is 13.0. The molecule has 0 spiro atoms. The van der Waals surface area contributed by atoms with Crippen molar-refractivity contribution >= 4 is 11.1 Å². The zero-order valence-electron chi connectivity index (χ0n) is 25.8. The third kappa shape index (κ3) is 4.29. The summed E-state index contributed by atoms with van der Waals surface area (Å²) >= 11 is 0. The normalized spacial score (nSPS) is 22.7. The Kier molecular flexibility index (Phi) is 3.74. The molecule has 1 saturated heterocycles. The highest BCUT2D eigenvalue weighted by molar-refractivity contribution is 5.95. The maximum Gasteiger partial charge on any atom is 0.150 e. The van der Waals surface area contributed by atoms with E-state index in [0.29, 0.717) is 36.3 Å². The first-order chi connectivity index (χ1) is 19.2. The lowest BCUT2D eigenvalue weighted by Gasteiger charge is -2.38. The fourth-order valence-electron chi connectivity index (χ4n) is 4.15. The number of rotatable bonds is 6. The first-order valence-electron chi connectivity index (χ1n) is 14.7. The quantitative estimate of drug-likeness (QED) is 0.508. The van der Waals surface area contributed by atoms with Crippen LogP contribution in [-0.4, -0.2) is 40.9 Å². The van der Waals surface area contributed by atoms with Crippen molar-refractivity contribution in [2.45, 2.75) is 32.3 Å². The van der Waals surface area contributed by atoms with Crippen LogP contribution < -0.4 is 9.47 Å². The molecule has 2 aliphatic heterocycles. The van der Waals surface area contributed by atoms with E-state index in [2.05, 4.69) is 0 Å². The van der Waals surface area contributed by atoms with Crippen LogP contribution in [0.5, 0.6) is 23.0 Å². The van der Waals surface area contributed by atoms with Gasteiger partial charge in [0.05, 0.1) is 2.74 Å². The van der Waals surface area contributed by atoms with E-state index in [-0.39, 0.29) is 58.7 Å². The van der Waals surface area contributed by atoms with Gasteiger partial charge in [0.25, 0.3) is 0 Å². The number of nitrogens with zero attached hydrogens (tertiary/aromatic N) is 1. The van der Waals surface area contributed by atoms with Crippen molar-refractivity contribution in [2.24, 2.45) is 0 Å². The zero-order valence-corrected chi connectivity index (χ0v) is 17.8. The molecule has 2 N–H and O–H groups in total. The lowest BCUT2D eigenvalue weighted by Crippen LogP contribution is -2.53. The molecule has 0 amide bonds.